The van der Waals surface area contributed by atoms with Crippen LogP contribution < -0.4 is 5.73 Å². The van der Waals surface area contributed by atoms with Crippen LogP contribution in [0.2, 0.25) is 0 Å². The molecule has 112 valence electrons. The molecule has 0 aliphatic carbocycles. The molecule has 0 bridgehead atoms. The number of nitrogen functional groups attached to an aromatic ring is 1. The van der Waals surface area contributed by atoms with E-state index in [9.17, 15) is 8.42 Å². The highest BCUT2D eigenvalue weighted by Crippen LogP contribution is 2.25. The lowest BCUT2D eigenvalue weighted by molar-refractivity contribution is 0.603. The third kappa shape index (κ3) is 4.45. The number of hydrogen-bond donors (Lipinski definition) is 2. The number of aromatic nitrogens is 2. The Balaban J connectivity index is 3.10. The summed E-state index contributed by atoms with van der Waals surface area (Å²) in [5.41, 5.74) is 8.02. The predicted molar refractivity (Wildman–Crippen MR) is 82.2 cm³/mol. The van der Waals surface area contributed by atoms with Gasteiger partial charge in [-0.1, -0.05) is 13.8 Å². The Morgan fingerprint density at radius 3 is 2.40 bits per heavy atom. The first-order valence-electron chi connectivity index (χ1n) is 6.33. The molecular formula is C12H20N4O2S2. The van der Waals surface area contributed by atoms with Gasteiger partial charge in [-0.25, -0.2) is 8.42 Å². The number of amidine groups is 1. The summed E-state index contributed by atoms with van der Waals surface area (Å²) in [6.07, 6.45) is 2.64. The molecule has 3 N–H and O–H groups in total. The van der Waals surface area contributed by atoms with Crippen molar-refractivity contribution in [2.75, 3.05) is 17.8 Å². The van der Waals surface area contributed by atoms with Crippen molar-refractivity contribution < 1.29 is 8.42 Å². The highest BCUT2D eigenvalue weighted by Gasteiger charge is 2.17. The van der Waals surface area contributed by atoms with Crippen molar-refractivity contribution in [1.82, 2.24) is 10.2 Å². The van der Waals surface area contributed by atoms with Crippen LogP contribution in [0, 0.1) is 5.41 Å². The molecule has 0 saturated carbocycles. The number of aryl methyl sites for hydroxylation is 1. The Morgan fingerprint density at radius 1 is 1.30 bits per heavy atom. The lowest BCUT2D eigenvalue weighted by Crippen LogP contribution is -2.19. The Hall–Kier alpha value is -1.15. The smallest absolute Gasteiger partial charge is 0.148 e. The summed E-state index contributed by atoms with van der Waals surface area (Å²) >= 11 is 1.28. The zero-order valence-corrected chi connectivity index (χ0v) is 13.6. The van der Waals surface area contributed by atoms with E-state index in [2.05, 4.69) is 10.2 Å². The van der Waals surface area contributed by atoms with E-state index in [0.717, 1.165) is 17.7 Å². The minimum absolute atomic E-state index is 0.0479. The van der Waals surface area contributed by atoms with Crippen LogP contribution in [0.1, 0.15) is 30.7 Å². The van der Waals surface area contributed by atoms with Crippen LogP contribution in [0.5, 0.6) is 0 Å². The number of hydrogen-bond acceptors (Lipinski definition) is 6. The van der Waals surface area contributed by atoms with E-state index in [4.69, 9.17) is 11.1 Å². The van der Waals surface area contributed by atoms with Gasteiger partial charge in [0.2, 0.25) is 0 Å². The van der Waals surface area contributed by atoms with Gasteiger partial charge >= 0.3 is 0 Å². The topological polar surface area (TPSA) is 110 Å². The molecule has 20 heavy (non-hydrogen) atoms. The van der Waals surface area contributed by atoms with Crippen LogP contribution in [0.25, 0.3) is 0 Å². The van der Waals surface area contributed by atoms with Gasteiger partial charge in [-0.3, -0.25) is 5.41 Å². The average molecular weight is 316 g/mol. The summed E-state index contributed by atoms with van der Waals surface area (Å²) in [5, 5.41) is 16.5. The van der Waals surface area contributed by atoms with Crippen molar-refractivity contribution in [3.05, 3.63) is 16.8 Å². The number of nitrogens with one attached hydrogen (secondary N) is 1. The third-order valence-electron chi connectivity index (χ3n) is 2.78. The lowest BCUT2D eigenvalue weighted by atomic mass is 10.0. The highest BCUT2D eigenvalue weighted by atomic mass is 32.2. The number of nitrogens with two attached hydrogens (primary N) is 1. The maximum Gasteiger partial charge on any atom is 0.148 e. The number of thioether (sulfide) groups is 1. The number of rotatable bonds is 7. The zero-order chi connectivity index (χ0) is 15.3. The van der Waals surface area contributed by atoms with E-state index in [1.807, 2.05) is 13.8 Å². The molecule has 0 saturated heterocycles. The zero-order valence-electron chi connectivity index (χ0n) is 11.9. The molecule has 0 atom stereocenters. The maximum absolute atomic E-state index is 11.1. The SMILES string of the molecule is CCc1nnc(SCCS(C)(=O)=O)c(C(=N)N)c1CC. The molecule has 6 nitrogen and oxygen atoms in total. The highest BCUT2D eigenvalue weighted by molar-refractivity contribution is 8.00. The summed E-state index contributed by atoms with van der Waals surface area (Å²) in [7, 11) is -3.01. The molecule has 0 aliphatic rings. The van der Waals surface area contributed by atoms with Crippen molar-refractivity contribution in [2.45, 2.75) is 31.7 Å². The molecule has 0 amide bonds. The van der Waals surface area contributed by atoms with E-state index in [-0.39, 0.29) is 11.6 Å². The van der Waals surface area contributed by atoms with Crippen LogP contribution in [-0.4, -0.2) is 42.2 Å². The van der Waals surface area contributed by atoms with Crippen LogP contribution >= 0.6 is 11.8 Å². The van der Waals surface area contributed by atoms with Gasteiger partial charge in [0.05, 0.1) is 17.0 Å². The molecule has 0 aliphatic heterocycles. The van der Waals surface area contributed by atoms with Gasteiger partial charge in [-0.05, 0) is 18.4 Å². The van der Waals surface area contributed by atoms with E-state index in [1.165, 1.54) is 18.0 Å². The molecule has 8 heteroatoms. The Kier molecular flexibility index (Phi) is 5.94. The van der Waals surface area contributed by atoms with E-state index < -0.39 is 9.84 Å². The first-order valence-corrected chi connectivity index (χ1v) is 9.38. The summed E-state index contributed by atoms with van der Waals surface area (Å²) in [5.74, 6) is 0.393. The number of nitrogens with zero attached hydrogens (tertiary/aromatic N) is 2. The van der Waals surface area contributed by atoms with Crippen molar-refractivity contribution in [1.29, 1.82) is 5.41 Å². The standard InChI is InChI=1S/C12H20N4O2S2/c1-4-8-9(5-2)15-16-12(10(8)11(13)14)19-6-7-20(3,17)18/h4-7H2,1-3H3,(H3,13,14). The fourth-order valence-electron chi connectivity index (χ4n) is 1.82. The van der Waals surface area contributed by atoms with E-state index in [0.29, 0.717) is 22.8 Å². The first-order chi connectivity index (χ1) is 9.30. The van der Waals surface area contributed by atoms with E-state index in [1.54, 1.807) is 0 Å². The largest absolute Gasteiger partial charge is 0.384 e. The fourth-order valence-corrected chi connectivity index (χ4v) is 4.04. The average Bonchev–Trinajstić information content (AvgIpc) is 2.35. The summed E-state index contributed by atoms with van der Waals surface area (Å²) in [4.78, 5) is 0. The van der Waals surface area contributed by atoms with Gasteiger partial charge in [0.25, 0.3) is 0 Å². The van der Waals surface area contributed by atoms with Crippen molar-refractivity contribution >= 4 is 27.4 Å². The summed E-state index contributed by atoms with van der Waals surface area (Å²) < 4.78 is 22.3. The lowest BCUT2D eigenvalue weighted by Gasteiger charge is -2.13. The minimum atomic E-state index is -3.01. The van der Waals surface area contributed by atoms with Crippen LogP contribution in [0.4, 0.5) is 0 Å². The molecule has 0 radical (unpaired) electrons. The normalized spacial score (nSPS) is 11.6. The molecule has 1 rings (SSSR count). The second-order valence-electron chi connectivity index (χ2n) is 4.40. The van der Waals surface area contributed by atoms with Crippen molar-refractivity contribution in [3.63, 3.8) is 0 Å². The maximum atomic E-state index is 11.1. The van der Waals surface area contributed by atoms with Gasteiger partial charge in [0.1, 0.15) is 20.7 Å². The molecule has 1 aromatic rings. The van der Waals surface area contributed by atoms with Crippen molar-refractivity contribution in [3.8, 4) is 0 Å². The fraction of sp³-hybridized carbons (Fsp3) is 0.583. The summed E-state index contributed by atoms with van der Waals surface area (Å²) in [6.45, 7) is 3.96. The monoisotopic (exact) mass is 316 g/mol. The second kappa shape index (κ2) is 7.03. The first kappa shape index (κ1) is 16.9. The van der Waals surface area contributed by atoms with Gasteiger partial charge in [0, 0.05) is 12.0 Å². The van der Waals surface area contributed by atoms with Gasteiger partial charge in [-0.2, -0.15) is 5.10 Å². The Bertz CT molecular complexity index is 600. The van der Waals surface area contributed by atoms with Crippen LogP contribution in [-0.2, 0) is 22.7 Å². The second-order valence-corrected chi connectivity index (χ2v) is 7.75. The summed E-state index contributed by atoms with van der Waals surface area (Å²) in [6, 6.07) is 0. The van der Waals surface area contributed by atoms with Crippen LogP contribution in [0.3, 0.4) is 0 Å². The van der Waals surface area contributed by atoms with Crippen LogP contribution in [0.15, 0.2) is 5.03 Å². The predicted octanol–water partition coefficient (Wildman–Crippen LogP) is 1.02. The van der Waals surface area contributed by atoms with Gasteiger partial charge < -0.3 is 5.73 Å². The van der Waals surface area contributed by atoms with Gasteiger partial charge in [0.15, 0.2) is 0 Å². The van der Waals surface area contributed by atoms with Crippen molar-refractivity contribution in [2.24, 2.45) is 5.73 Å². The van der Waals surface area contributed by atoms with E-state index >= 15 is 0 Å². The minimum Gasteiger partial charge on any atom is -0.384 e. The molecule has 0 unspecified atom stereocenters. The third-order valence-corrected chi connectivity index (χ3v) is 4.95. The Labute approximate surface area is 124 Å². The number of sulfone groups is 1. The van der Waals surface area contributed by atoms with Gasteiger partial charge in [-0.15, -0.1) is 16.9 Å². The molecule has 1 heterocycles. The molecule has 0 fully saturated rings. The molecular weight excluding hydrogens is 296 g/mol. The Morgan fingerprint density at radius 2 is 1.95 bits per heavy atom. The molecule has 0 spiro atoms. The quantitative estimate of drug-likeness (QED) is 0.441. The molecule has 0 aromatic carbocycles. The molecule has 1 aromatic heterocycles.